The van der Waals surface area contributed by atoms with Gasteiger partial charge in [0.1, 0.15) is 0 Å². The second-order valence-electron chi connectivity index (χ2n) is 4.61. The van der Waals surface area contributed by atoms with Gasteiger partial charge in [-0.3, -0.25) is 11.3 Å². The fraction of sp³-hybridized carbons (Fsp3) is 0.538. The van der Waals surface area contributed by atoms with Crippen LogP contribution in [-0.2, 0) is 4.74 Å². The van der Waals surface area contributed by atoms with E-state index in [-0.39, 0.29) is 6.04 Å². The maximum absolute atomic E-state index is 6.10. The van der Waals surface area contributed by atoms with E-state index in [2.05, 4.69) is 21.4 Å². The fourth-order valence-corrected chi connectivity index (χ4v) is 2.74. The summed E-state index contributed by atoms with van der Waals surface area (Å²) in [5.41, 5.74) is 3.97. The van der Waals surface area contributed by atoms with Crippen molar-refractivity contribution in [3.63, 3.8) is 0 Å². The minimum absolute atomic E-state index is 0.125. The van der Waals surface area contributed by atoms with Crippen LogP contribution in [0.4, 0.5) is 0 Å². The quantitative estimate of drug-likeness (QED) is 0.640. The van der Waals surface area contributed by atoms with E-state index in [0.29, 0.717) is 11.1 Å². The average Bonchev–Trinajstić information content (AvgIpc) is 2.87. The van der Waals surface area contributed by atoms with Crippen molar-refractivity contribution >= 4 is 27.5 Å². The topological polar surface area (TPSA) is 47.3 Å². The van der Waals surface area contributed by atoms with Crippen LogP contribution >= 0.6 is 27.5 Å². The Hall–Kier alpha value is -0.130. The van der Waals surface area contributed by atoms with Gasteiger partial charge in [-0.15, -0.1) is 0 Å². The smallest absolute Gasteiger partial charge is 0.0576 e. The first-order chi connectivity index (χ1) is 8.70. The maximum atomic E-state index is 6.10. The van der Waals surface area contributed by atoms with Gasteiger partial charge in [0.15, 0.2) is 0 Å². The Labute approximate surface area is 121 Å². The first-order valence-electron chi connectivity index (χ1n) is 6.23. The van der Waals surface area contributed by atoms with E-state index < -0.39 is 0 Å². The van der Waals surface area contributed by atoms with Crippen LogP contribution in [0.5, 0.6) is 0 Å². The number of hydrogen-bond acceptors (Lipinski definition) is 3. The van der Waals surface area contributed by atoms with E-state index in [4.69, 9.17) is 22.2 Å². The molecule has 1 heterocycles. The Morgan fingerprint density at radius 2 is 2.39 bits per heavy atom. The molecule has 0 bridgehead atoms. The molecule has 1 aromatic rings. The predicted molar refractivity (Wildman–Crippen MR) is 77.4 cm³/mol. The zero-order valence-corrected chi connectivity index (χ0v) is 12.5. The van der Waals surface area contributed by atoms with E-state index >= 15 is 0 Å². The molecule has 0 amide bonds. The number of ether oxygens (including phenoxy) is 1. The molecule has 0 saturated carbocycles. The number of rotatable bonds is 5. The number of nitrogens with one attached hydrogen (secondary N) is 1. The highest BCUT2D eigenvalue weighted by Gasteiger charge is 2.18. The Morgan fingerprint density at radius 3 is 3.00 bits per heavy atom. The lowest BCUT2D eigenvalue weighted by molar-refractivity contribution is 0.0996. The molecule has 1 fully saturated rings. The minimum Gasteiger partial charge on any atom is -0.378 e. The molecule has 1 aromatic carbocycles. The molecule has 18 heavy (non-hydrogen) atoms. The molecule has 1 saturated heterocycles. The maximum Gasteiger partial charge on any atom is 0.0576 e. The normalized spacial score (nSPS) is 21.2. The Morgan fingerprint density at radius 1 is 1.56 bits per heavy atom. The number of halogens is 2. The highest BCUT2D eigenvalue weighted by molar-refractivity contribution is 9.10. The molecule has 2 rings (SSSR count). The number of benzene rings is 1. The summed E-state index contributed by atoms with van der Waals surface area (Å²) in [6.07, 6.45) is 4.72. The summed E-state index contributed by atoms with van der Waals surface area (Å²) in [6.45, 7) is 0.898. The van der Waals surface area contributed by atoms with Gasteiger partial charge >= 0.3 is 0 Å². The summed E-state index contributed by atoms with van der Waals surface area (Å²) >= 11 is 9.49. The van der Waals surface area contributed by atoms with Crippen LogP contribution in [0.2, 0.25) is 5.02 Å². The molecule has 0 spiro atoms. The SMILES string of the molecule is NNC(CCC1CCCO1)c1ccc(Br)c(Cl)c1. The molecule has 1 aliphatic heterocycles. The molecule has 3 nitrogen and oxygen atoms in total. The molecule has 2 unspecified atom stereocenters. The highest BCUT2D eigenvalue weighted by Crippen LogP contribution is 2.28. The first-order valence-corrected chi connectivity index (χ1v) is 7.40. The van der Waals surface area contributed by atoms with Crippen molar-refractivity contribution in [3.8, 4) is 0 Å². The van der Waals surface area contributed by atoms with Crippen molar-refractivity contribution in [2.45, 2.75) is 37.8 Å². The summed E-state index contributed by atoms with van der Waals surface area (Å²) in [6, 6.07) is 6.07. The van der Waals surface area contributed by atoms with Gasteiger partial charge in [-0.05, 0) is 59.3 Å². The summed E-state index contributed by atoms with van der Waals surface area (Å²) in [4.78, 5) is 0. The van der Waals surface area contributed by atoms with Crippen LogP contribution in [0.15, 0.2) is 22.7 Å². The van der Waals surface area contributed by atoms with Gasteiger partial charge < -0.3 is 4.74 Å². The van der Waals surface area contributed by atoms with E-state index in [1.807, 2.05) is 18.2 Å². The van der Waals surface area contributed by atoms with Gasteiger partial charge in [0, 0.05) is 17.1 Å². The third-order valence-electron chi connectivity index (χ3n) is 3.35. The van der Waals surface area contributed by atoms with Gasteiger partial charge in [-0.25, -0.2) is 0 Å². The lowest BCUT2D eigenvalue weighted by Gasteiger charge is -2.18. The van der Waals surface area contributed by atoms with Crippen molar-refractivity contribution in [2.24, 2.45) is 5.84 Å². The third-order valence-corrected chi connectivity index (χ3v) is 4.58. The monoisotopic (exact) mass is 332 g/mol. The summed E-state index contributed by atoms with van der Waals surface area (Å²) in [5, 5.41) is 0.713. The van der Waals surface area contributed by atoms with E-state index in [1.165, 1.54) is 12.8 Å². The van der Waals surface area contributed by atoms with Gasteiger partial charge in [0.25, 0.3) is 0 Å². The molecular formula is C13H18BrClN2O. The van der Waals surface area contributed by atoms with E-state index in [9.17, 15) is 0 Å². The third kappa shape index (κ3) is 3.68. The van der Waals surface area contributed by atoms with Crippen LogP contribution in [0, 0.1) is 0 Å². The predicted octanol–water partition coefficient (Wildman–Crippen LogP) is 3.57. The molecule has 2 atom stereocenters. The first kappa shape index (κ1) is 14.3. The summed E-state index contributed by atoms with van der Waals surface area (Å²) in [7, 11) is 0. The van der Waals surface area contributed by atoms with Crippen molar-refractivity contribution in [1.82, 2.24) is 5.43 Å². The minimum atomic E-state index is 0.125. The molecule has 0 aliphatic carbocycles. The van der Waals surface area contributed by atoms with Gasteiger partial charge in [-0.2, -0.15) is 0 Å². The average molecular weight is 334 g/mol. The van der Waals surface area contributed by atoms with Crippen LogP contribution in [0.3, 0.4) is 0 Å². The van der Waals surface area contributed by atoms with Crippen molar-refractivity contribution in [3.05, 3.63) is 33.3 Å². The molecule has 5 heteroatoms. The Balaban J connectivity index is 1.96. The lowest BCUT2D eigenvalue weighted by Crippen LogP contribution is -2.28. The molecule has 1 aliphatic rings. The van der Waals surface area contributed by atoms with Crippen molar-refractivity contribution in [1.29, 1.82) is 0 Å². The Bertz CT molecular complexity index is 397. The molecular weight excluding hydrogens is 316 g/mol. The molecule has 3 N–H and O–H groups in total. The zero-order chi connectivity index (χ0) is 13.0. The standard InChI is InChI=1S/C13H18BrClN2O/c14-11-5-3-9(8-12(11)15)13(17-16)6-4-10-2-1-7-18-10/h3,5,8,10,13,17H,1-2,4,6-7,16H2. The largest absolute Gasteiger partial charge is 0.378 e. The number of nitrogens with two attached hydrogens (primary N) is 1. The van der Waals surface area contributed by atoms with Crippen LogP contribution in [0.1, 0.15) is 37.3 Å². The lowest BCUT2D eigenvalue weighted by atomic mass is 10.00. The van der Waals surface area contributed by atoms with Gasteiger partial charge in [0.2, 0.25) is 0 Å². The second-order valence-corrected chi connectivity index (χ2v) is 5.87. The Kier molecular flexibility index (Phi) is 5.45. The second kappa shape index (κ2) is 6.87. The van der Waals surface area contributed by atoms with E-state index in [0.717, 1.165) is 29.5 Å². The summed E-state index contributed by atoms with van der Waals surface area (Å²) in [5.74, 6) is 5.63. The number of hydrazine groups is 1. The van der Waals surface area contributed by atoms with Gasteiger partial charge in [0.05, 0.1) is 11.1 Å². The molecule has 0 aromatic heterocycles. The number of hydrogen-bond donors (Lipinski definition) is 2. The zero-order valence-electron chi connectivity index (χ0n) is 10.2. The highest BCUT2D eigenvalue weighted by atomic mass is 79.9. The summed E-state index contributed by atoms with van der Waals surface area (Å²) < 4.78 is 6.53. The van der Waals surface area contributed by atoms with Crippen molar-refractivity contribution in [2.75, 3.05) is 6.61 Å². The fourth-order valence-electron chi connectivity index (χ4n) is 2.30. The van der Waals surface area contributed by atoms with Crippen LogP contribution < -0.4 is 11.3 Å². The van der Waals surface area contributed by atoms with Gasteiger partial charge in [-0.1, -0.05) is 17.7 Å². The van der Waals surface area contributed by atoms with E-state index in [1.54, 1.807) is 0 Å². The van der Waals surface area contributed by atoms with Crippen LogP contribution in [-0.4, -0.2) is 12.7 Å². The molecule has 100 valence electrons. The van der Waals surface area contributed by atoms with Crippen molar-refractivity contribution < 1.29 is 4.74 Å². The molecule has 0 radical (unpaired) electrons. The van der Waals surface area contributed by atoms with Crippen LogP contribution in [0.25, 0.3) is 0 Å².